The van der Waals surface area contributed by atoms with E-state index in [4.69, 9.17) is 9.26 Å². The van der Waals surface area contributed by atoms with Crippen molar-refractivity contribution in [1.82, 2.24) is 15.0 Å². The van der Waals surface area contributed by atoms with E-state index in [2.05, 4.69) is 28.9 Å². The lowest BCUT2D eigenvalue weighted by Gasteiger charge is -2.33. The first-order valence-electron chi connectivity index (χ1n) is 8.30. The Morgan fingerprint density at radius 1 is 1.36 bits per heavy atom. The third-order valence-corrected chi connectivity index (χ3v) is 4.11. The lowest BCUT2D eigenvalue weighted by Crippen LogP contribution is -2.39. The molecule has 126 valence electrons. The Bertz CT molecular complexity index is 448. The Kier molecular flexibility index (Phi) is 6.35. The number of hydrogen-bond donors (Lipinski definition) is 1. The highest BCUT2D eigenvalue weighted by Gasteiger charge is 2.25. The van der Waals surface area contributed by atoms with Crippen LogP contribution in [0.3, 0.4) is 0 Å². The number of hydrogen-bond acceptors (Lipinski definition) is 6. The summed E-state index contributed by atoms with van der Waals surface area (Å²) in [5.41, 5.74) is 0. The number of rotatable bonds is 7. The zero-order chi connectivity index (χ0) is 16.1. The summed E-state index contributed by atoms with van der Waals surface area (Å²) in [5.74, 6) is 2.06. The molecule has 6 nitrogen and oxygen atoms in total. The minimum absolute atomic E-state index is 0.147. The van der Waals surface area contributed by atoms with Crippen LogP contribution in [0.4, 0.5) is 0 Å². The van der Waals surface area contributed by atoms with Crippen LogP contribution >= 0.6 is 0 Å². The number of nitrogens with zero attached hydrogens (tertiary/aromatic N) is 3. The molecule has 6 heteroatoms. The summed E-state index contributed by atoms with van der Waals surface area (Å²) in [4.78, 5) is 6.72. The van der Waals surface area contributed by atoms with Crippen LogP contribution in [0, 0.1) is 11.8 Å². The molecule has 3 atom stereocenters. The van der Waals surface area contributed by atoms with Crippen molar-refractivity contribution in [3.63, 3.8) is 0 Å². The van der Waals surface area contributed by atoms with Gasteiger partial charge in [-0.15, -0.1) is 0 Å². The third kappa shape index (κ3) is 5.04. The van der Waals surface area contributed by atoms with Crippen molar-refractivity contribution in [2.24, 2.45) is 11.8 Å². The molecule has 1 aliphatic heterocycles. The van der Waals surface area contributed by atoms with Crippen LogP contribution in [-0.2, 0) is 11.3 Å². The molecule has 1 fully saturated rings. The van der Waals surface area contributed by atoms with Gasteiger partial charge in [0.1, 0.15) is 6.10 Å². The quantitative estimate of drug-likeness (QED) is 0.833. The fourth-order valence-electron chi connectivity index (χ4n) is 2.73. The maximum Gasteiger partial charge on any atom is 0.240 e. The first kappa shape index (κ1) is 17.4. The minimum Gasteiger partial charge on any atom is -0.393 e. The number of likely N-dealkylation sites (tertiary alicyclic amines) is 1. The van der Waals surface area contributed by atoms with Gasteiger partial charge in [0, 0.05) is 13.2 Å². The summed E-state index contributed by atoms with van der Waals surface area (Å²) in [6, 6.07) is 0. The van der Waals surface area contributed by atoms with E-state index in [0.717, 1.165) is 25.9 Å². The van der Waals surface area contributed by atoms with Gasteiger partial charge in [0.15, 0.2) is 5.82 Å². The average molecular weight is 311 g/mol. The topological polar surface area (TPSA) is 71.6 Å². The van der Waals surface area contributed by atoms with Gasteiger partial charge in [-0.25, -0.2) is 0 Å². The van der Waals surface area contributed by atoms with Crippen molar-refractivity contribution in [2.45, 2.75) is 59.3 Å². The lowest BCUT2D eigenvalue weighted by molar-refractivity contribution is 0.0402. The molecule has 2 rings (SSSR count). The van der Waals surface area contributed by atoms with Crippen LogP contribution < -0.4 is 0 Å². The number of aliphatic hydroxyl groups is 1. The molecule has 0 radical (unpaired) electrons. The molecular weight excluding hydrogens is 282 g/mol. The van der Waals surface area contributed by atoms with Gasteiger partial charge in [0.25, 0.3) is 0 Å². The molecule has 1 aromatic rings. The van der Waals surface area contributed by atoms with Crippen molar-refractivity contribution in [2.75, 3.05) is 19.7 Å². The SMILES string of the molecule is CC(C)COC(C)c1noc(CN2CCCC(C(C)O)C2)n1. The van der Waals surface area contributed by atoms with Crippen LogP contribution in [0.1, 0.15) is 58.4 Å². The maximum absolute atomic E-state index is 9.75. The number of piperidine rings is 1. The van der Waals surface area contributed by atoms with E-state index in [0.29, 0.717) is 36.7 Å². The number of aliphatic hydroxyl groups excluding tert-OH is 1. The predicted octanol–water partition coefficient (Wildman–Crippen LogP) is 2.40. The zero-order valence-electron chi connectivity index (χ0n) is 14.2. The average Bonchev–Trinajstić information content (AvgIpc) is 2.93. The Morgan fingerprint density at radius 3 is 2.82 bits per heavy atom. The molecule has 1 aromatic heterocycles. The molecular formula is C16H29N3O3. The highest BCUT2D eigenvalue weighted by Crippen LogP contribution is 2.21. The Morgan fingerprint density at radius 2 is 2.14 bits per heavy atom. The van der Waals surface area contributed by atoms with Gasteiger partial charge < -0.3 is 14.4 Å². The summed E-state index contributed by atoms with van der Waals surface area (Å²) in [6.45, 7) is 11.3. The molecule has 0 aromatic carbocycles. The minimum atomic E-state index is -0.259. The van der Waals surface area contributed by atoms with E-state index in [1.807, 2.05) is 13.8 Å². The summed E-state index contributed by atoms with van der Waals surface area (Å²) in [5, 5.41) is 13.8. The van der Waals surface area contributed by atoms with Crippen LogP contribution in [0.2, 0.25) is 0 Å². The first-order chi connectivity index (χ1) is 10.5. The molecule has 22 heavy (non-hydrogen) atoms. The fourth-order valence-corrected chi connectivity index (χ4v) is 2.73. The van der Waals surface area contributed by atoms with E-state index >= 15 is 0 Å². The molecule has 0 amide bonds. The molecule has 0 aliphatic carbocycles. The van der Waals surface area contributed by atoms with Crippen molar-refractivity contribution < 1.29 is 14.4 Å². The van der Waals surface area contributed by atoms with E-state index < -0.39 is 0 Å². The Balaban J connectivity index is 1.86. The van der Waals surface area contributed by atoms with Gasteiger partial charge in [0.05, 0.1) is 12.6 Å². The van der Waals surface area contributed by atoms with Gasteiger partial charge in [-0.3, -0.25) is 4.90 Å². The van der Waals surface area contributed by atoms with E-state index in [1.54, 1.807) is 0 Å². The normalized spacial score (nSPS) is 22.9. The first-order valence-corrected chi connectivity index (χ1v) is 8.30. The summed E-state index contributed by atoms with van der Waals surface area (Å²) in [7, 11) is 0. The zero-order valence-corrected chi connectivity index (χ0v) is 14.2. The van der Waals surface area contributed by atoms with Crippen LogP contribution in [-0.4, -0.2) is 45.9 Å². The van der Waals surface area contributed by atoms with Crippen molar-refractivity contribution in [3.05, 3.63) is 11.7 Å². The molecule has 0 spiro atoms. The molecule has 0 saturated carbocycles. The Labute approximate surface area is 132 Å². The van der Waals surface area contributed by atoms with Crippen LogP contribution in [0.25, 0.3) is 0 Å². The van der Waals surface area contributed by atoms with Crippen molar-refractivity contribution >= 4 is 0 Å². The van der Waals surface area contributed by atoms with Crippen molar-refractivity contribution in [3.8, 4) is 0 Å². The van der Waals surface area contributed by atoms with Gasteiger partial charge in [0.2, 0.25) is 5.89 Å². The van der Waals surface area contributed by atoms with E-state index in [1.165, 1.54) is 0 Å². The van der Waals surface area contributed by atoms with Crippen LogP contribution in [0.15, 0.2) is 4.52 Å². The second-order valence-electron chi connectivity index (χ2n) is 6.79. The number of ether oxygens (including phenoxy) is 1. The molecule has 1 N–H and O–H groups in total. The standard InChI is InChI=1S/C16H29N3O3/c1-11(2)10-21-13(4)16-17-15(22-18-16)9-19-7-5-6-14(8-19)12(3)20/h11-14,20H,5-10H2,1-4H3. The highest BCUT2D eigenvalue weighted by atomic mass is 16.5. The van der Waals surface area contributed by atoms with E-state index in [-0.39, 0.29) is 12.2 Å². The fraction of sp³-hybridized carbons (Fsp3) is 0.875. The second kappa shape index (κ2) is 8.04. The monoisotopic (exact) mass is 311 g/mol. The van der Waals surface area contributed by atoms with Gasteiger partial charge in [-0.1, -0.05) is 19.0 Å². The lowest BCUT2D eigenvalue weighted by atomic mass is 9.93. The largest absolute Gasteiger partial charge is 0.393 e. The number of aromatic nitrogens is 2. The van der Waals surface area contributed by atoms with Gasteiger partial charge >= 0.3 is 0 Å². The van der Waals surface area contributed by atoms with E-state index in [9.17, 15) is 5.11 Å². The maximum atomic E-state index is 9.75. The second-order valence-corrected chi connectivity index (χ2v) is 6.79. The molecule has 2 heterocycles. The summed E-state index contributed by atoms with van der Waals surface area (Å²) < 4.78 is 11.1. The van der Waals surface area contributed by atoms with Gasteiger partial charge in [-0.05, 0) is 45.1 Å². The smallest absolute Gasteiger partial charge is 0.240 e. The summed E-state index contributed by atoms with van der Waals surface area (Å²) >= 11 is 0. The van der Waals surface area contributed by atoms with Crippen molar-refractivity contribution in [1.29, 1.82) is 0 Å². The van der Waals surface area contributed by atoms with Gasteiger partial charge in [-0.2, -0.15) is 4.98 Å². The predicted molar refractivity (Wildman–Crippen MR) is 83.2 cm³/mol. The molecule has 1 aliphatic rings. The Hall–Kier alpha value is -0.980. The summed E-state index contributed by atoms with van der Waals surface area (Å²) in [6.07, 6.45) is 1.78. The molecule has 3 unspecified atom stereocenters. The van der Waals surface area contributed by atoms with Crippen LogP contribution in [0.5, 0.6) is 0 Å². The third-order valence-electron chi connectivity index (χ3n) is 4.11. The molecule has 0 bridgehead atoms. The highest BCUT2D eigenvalue weighted by molar-refractivity contribution is 4.91. The molecule has 1 saturated heterocycles.